The molecule has 0 saturated heterocycles. The minimum absolute atomic E-state index is 0.544. The van der Waals surface area contributed by atoms with E-state index in [0.29, 0.717) is 24.8 Å². The zero-order valence-corrected chi connectivity index (χ0v) is 11.3. The van der Waals surface area contributed by atoms with E-state index in [0.717, 1.165) is 16.8 Å². The van der Waals surface area contributed by atoms with Crippen molar-refractivity contribution in [3.05, 3.63) is 22.7 Å². The average molecular weight is 288 g/mol. The lowest BCUT2D eigenvalue weighted by Crippen LogP contribution is -2.10. The molecule has 0 aliphatic heterocycles. The summed E-state index contributed by atoms with van der Waals surface area (Å²) in [6, 6.07) is 5.52. The predicted molar refractivity (Wildman–Crippen MR) is 69.7 cm³/mol. The van der Waals surface area contributed by atoms with Crippen LogP contribution in [0.5, 0.6) is 5.75 Å². The molecule has 0 bridgehead atoms. The number of ether oxygens (including phenoxy) is 2. The van der Waals surface area contributed by atoms with Gasteiger partial charge in [-0.2, -0.15) is 0 Å². The van der Waals surface area contributed by atoms with Crippen LogP contribution in [0.3, 0.4) is 0 Å². The van der Waals surface area contributed by atoms with Crippen molar-refractivity contribution in [3.63, 3.8) is 0 Å². The maximum atomic E-state index is 5.69. The Labute approximate surface area is 105 Å². The molecule has 0 heterocycles. The van der Waals surface area contributed by atoms with Gasteiger partial charge in [0.1, 0.15) is 12.4 Å². The van der Waals surface area contributed by atoms with Crippen molar-refractivity contribution in [2.75, 3.05) is 25.6 Å². The van der Waals surface area contributed by atoms with E-state index >= 15 is 0 Å². The molecule has 1 aromatic rings. The lowest BCUT2D eigenvalue weighted by molar-refractivity contribution is 0.0819. The van der Waals surface area contributed by atoms with Gasteiger partial charge in [-0.15, -0.1) is 0 Å². The number of rotatable bonds is 6. The van der Waals surface area contributed by atoms with Crippen LogP contribution in [0, 0.1) is 5.92 Å². The monoisotopic (exact) mass is 287 g/mol. The second-order valence-electron chi connectivity index (χ2n) is 4.04. The maximum Gasteiger partial charge on any atom is 0.122 e. The summed E-state index contributed by atoms with van der Waals surface area (Å²) in [6.07, 6.45) is 0. The predicted octanol–water partition coefficient (Wildman–Crippen LogP) is 3.08. The standard InChI is InChI=1S/C12H18BrNO2/c1-9(2)8-15-3-4-16-12-6-10(13)5-11(14)7-12/h5-7,9H,3-4,8,14H2,1-2H3. The van der Waals surface area contributed by atoms with E-state index in [1.54, 1.807) is 6.07 Å². The van der Waals surface area contributed by atoms with Crippen LogP contribution in [0.4, 0.5) is 5.69 Å². The fourth-order valence-corrected chi connectivity index (χ4v) is 1.70. The van der Waals surface area contributed by atoms with Gasteiger partial charge in [-0.05, 0) is 18.1 Å². The first-order valence-corrected chi connectivity index (χ1v) is 6.14. The van der Waals surface area contributed by atoms with Gasteiger partial charge in [0.2, 0.25) is 0 Å². The molecule has 0 atom stereocenters. The summed E-state index contributed by atoms with van der Waals surface area (Å²) in [5.74, 6) is 1.32. The zero-order chi connectivity index (χ0) is 12.0. The zero-order valence-electron chi connectivity index (χ0n) is 9.70. The minimum Gasteiger partial charge on any atom is -0.491 e. The Hall–Kier alpha value is -0.740. The second-order valence-corrected chi connectivity index (χ2v) is 4.95. The summed E-state index contributed by atoms with van der Waals surface area (Å²) in [5.41, 5.74) is 6.38. The molecule has 0 unspecified atom stereocenters. The Bertz CT molecular complexity index is 309. The minimum atomic E-state index is 0.544. The Balaban J connectivity index is 2.26. The molecule has 90 valence electrons. The smallest absolute Gasteiger partial charge is 0.122 e. The molecular formula is C12H18BrNO2. The number of anilines is 1. The van der Waals surface area contributed by atoms with Crippen LogP contribution in [0.2, 0.25) is 0 Å². The first-order chi connectivity index (χ1) is 7.58. The van der Waals surface area contributed by atoms with Crippen molar-refractivity contribution in [3.8, 4) is 5.75 Å². The van der Waals surface area contributed by atoms with Crippen molar-refractivity contribution >= 4 is 21.6 Å². The van der Waals surface area contributed by atoms with E-state index < -0.39 is 0 Å². The van der Waals surface area contributed by atoms with Gasteiger partial charge in [0.05, 0.1) is 6.61 Å². The van der Waals surface area contributed by atoms with Gasteiger partial charge in [0.25, 0.3) is 0 Å². The highest BCUT2D eigenvalue weighted by Crippen LogP contribution is 2.22. The molecule has 0 saturated carbocycles. The summed E-state index contributed by atoms with van der Waals surface area (Å²) < 4.78 is 11.8. The summed E-state index contributed by atoms with van der Waals surface area (Å²) in [6.45, 7) is 6.16. The van der Waals surface area contributed by atoms with E-state index in [2.05, 4.69) is 29.8 Å². The first-order valence-electron chi connectivity index (χ1n) is 5.34. The van der Waals surface area contributed by atoms with Gasteiger partial charge in [-0.1, -0.05) is 29.8 Å². The molecule has 0 aliphatic carbocycles. The van der Waals surface area contributed by atoms with E-state index in [4.69, 9.17) is 15.2 Å². The van der Waals surface area contributed by atoms with Crippen molar-refractivity contribution in [2.24, 2.45) is 5.92 Å². The normalized spacial score (nSPS) is 10.8. The van der Waals surface area contributed by atoms with Crippen molar-refractivity contribution in [1.82, 2.24) is 0 Å². The van der Waals surface area contributed by atoms with Crippen molar-refractivity contribution in [1.29, 1.82) is 0 Å². The van der Waals surface area contributed by atoms with Gasteiger partial charge in [-0.25, -0.2) is 0 Å². The summed E-state index contributed by atoms with van der Waals surface area (Å²) in [7, 11) is 0. The summed E-state index contributed by atoms with van der Waals surface area (Å²) in [5, 5.41) is 0. The van der Waals surface area contributed by atoms with Crippen LogP contribution >= 0.6 is 15.9 Å². The van der Waals surface area contributed by atoms with Gasteiger partial charge >= 0.3 is 0 Å². The highest BCUT2D eigenvalue weighted by Gasteiger charge is 1.98. The molecule has 0 aliphatic rings. The lowest BCUT2D eigenvalue weighted by atomic mass is 10.2. The van der Waals surface area contributed by atoms with Gasteiger partial charge < -0.3 is 15.2 Å². The van der Waals surface area contributed by atoms with Crippen molar-refractivity contribution < 1.29 is 9.47 Å². The van der Waals surface area contributed by atoms with E-state index in [1.807, 2.05) is 12.1 Å². The molecule has 1 rings (SSSR count). The third-order valence-corrected chi connectivity index (χ3v) is 2.30. The number of nitrogen functional groups attached to an aromatic ring is 1. The second kappa shape index (κ2) is 6.76. The Morgan fingerprint density at radius 1 is 1.25 bits per heavy atom. The van der Waals surface area contributed by atoms with Crippen LogP contribution in [-0.2, 0) is 4.74 Å². The lowest BCUT2D eigenvalue weighted by Gasteiger charge is -2.09. The fraction of sp³-hybridized carbons (Fsp3) is 0.500. The first kappa shape index (κ1) is 13.3. The largest absolute Gasteiger partial charge is 0.491 e. The van der Waals surface area contributed by atoms with Crippen LogP contribution in [0.1, 0.15) is 13.8 Å². The van der Waals surface area contributed by atoms with Crippen LogP contribution in [0.15, 0.2) is 22.7 Å². The molecule has 1 aromatic carbocycles. The number of hydrogen-bond acceptors (Lipinski definition) is 3. The fourth-order valence-electron chi connectivity index (χ4n) is 1.21. The molecule has 16 heavy (non-hydrogen) atoms. The average Bonchev–Trinajstić information content (AvgIpc) is 2.15. The van der Waals surface area contributed by atoms with Gasteiger partial charge in [0.15, 0.2) is 0 Å². The van der Waals surface area contributed by atoms with Crippen LogP contribution in [-0.4, -0.2) is 19.8 Å². The molecule has 2 N–H and O–H groups in total. The van der Waals surface area contributed by atoms with Gasteiger partial charge in [-0.3, -0.25) is 0 Å². The van der Waals surface area contributed by atoms with E-state index in [1.165, 1.54) is 0 Å². The molecule has 4 heteroatoms. The molecule has 3 nitrogen and oxygen atoms in total. The molecule has 0 radical (unpaired) electrons. The summed E-state index contributed by atoms with van der Waals surface area (Å²) >= 11 is 3.36. The molecule has 0 spiro atoms. The van der Waals surface area contributed by atoms with E-state index in [-0.39, 0.29) is 0 Å². The quantitative estimate of drug-likeness (QED) is 0.646. The maximum absolute atomic E-state index is 5.69. The third kappa shape index (κ3) is 5.37. The Morgan fingerprint density at radius 3 is 2.62 bits per heavy atom. The molecule has 0 amide bonds. The van der Waals surface area contributed by atoms with Crippen molar-refractivity contribution in [2.45, 2.75) is 13.8 Å². The highest BCUT2D eigenvalue weighted by molar-refractivity contribution is 9.10. The van der Waals surface area contributed by atoms with Crippen LogP contribution < -0.4 is 10.5 Å². The topological polar surface area (TPSA) is 44.5 Å². The highest BCUT2D eigenvalue weighted by atomic mass is 79.9. The third-order valence-electron chi connectivity index (χ3n) is 1.84. The number of benzene rings is 1. The Morgan fingerprint density at radius 2 is 2.00 bits per heavy atom. The van der Waals surface area contributed by atoms with Crippen LogP contribution in [0.25, 0.3) is 0 Å². The number of nitrogens with two attached hydrogens (primary N) is 1. The van der Waals surface area contributed by atoms with E-state index in [9.17, 15) is 0 Å². The SMILES string of the molecule is CC(C)COCCOc1cc(N)cc(Br)c1. The summed E-state index contributed by atoms with van der Waals surface area (Å²) in [4.78, 5) is 0. The number of halogens is 1. The Kier molecular flexibility index (Phi) is 5.63. The molecular weight excluding hydrogens is 270 g/mol. The number of hydrogen-bond donors (Lipinski definition) is 1. The molecule has 0 aromatic heterocycles. The van der Waals surface area contributed by atoms with Gasteiger partial charge in [0, 0.05) is 22.8 Å². The molecule has 0 fully saturated rings.